The fraction of sp³-hybridized carbons (Fsp3) is 0.188. The molecule has 110 valence electrons. The molecule has 2 aromatic heterocycles. The summed E-state index contributed by atoms with van der Waals surface area (Å²) >= 11 is 1.56. The lowest BCUT2D eigenvalue weighted by Crippen LogP contribution is -2.23. The van der Waals surface area contributed by atoms with Gasteiger partial charge in [-0.05, 0) is 42.1 Å². The molecule has 6 heteroatoms. The quantitative estimate of drug-likeness (QED) is 0.741. The molecule has 3 aromatic rings. The molecule has 4 rings (SSSR count). The standard InChI is InChI=1S/C16H13N3O2S/c20-14-2-1-8-19(14)11-3-5-12(6-4-11)21-15-13-7-9-22-16(13)18-10-17-15/h3-7,9-10H,1-2,8H2. The predicted molar refractivity (Wildman–Crippen MR) is 85.5 cm³/mol. The van der Waals surface area contributed by atoms with Gasteiger partial charge in [0.25, 0.3) is 0 Å². The zero-order valence-electron chi connectivity index (χ0n) is 11.7. The van der Waals surface area contributed by atoms with Crippen LogP contribution in [0.15, 0.2) is 42.0 Å². The van der Waals surface area contributed by atoms with E-state index in [1.807, 2.05) is 40.6 Å². The molecule has 1 aliphatic rings. The molecular formula is C16H13N3O2S. The van der Waals surface area contributed by atoms with Crippen molar-refractivity contribution in [3.63, 3.8) is 0 Å². The molecule has 0 N–H and O–H groups in total. The Morgan fingerprint density at radius 3 is 2.77 bits per heavy atom. The Balaban J connectivity index is 1.59. The second-order valence-electron chi connectivity index (χ2n) is 5.06. The van der Waals surface area contributed by atoms with Crippen LogP contribution in [0.5, 0.6) is 11.6 Å². The second-order valence-corrected chi connectivity index (χ2v) is 5.96. The SMILES string of the molecule is O=C1CCCN1c1ccc(Oc2ncnc3sccc23)cc1. The summed E-state index contributed by atoms with van der Waals surface area (Å²) in [6.07, 6.45) is 3.06. The number of fused-ring (bicyclic) bond motifs is 1. The van der Waals surface area contributed by atoms with Crippen molar-refractivity contribution in [2.45, 2.75) is 12.8 Å². The van der Waals surface area contributed by atoms with Crippen LogP contribution < -0.4 is 9.64 Å². The average Bonchev–Trinajstić information content (AvgIpc) is 3.17. The van der Waals surface area contributed by atoms with Crippen LogP contribution in [0.1, 0.15) is 12.8 Å². The summed E-state index contributed by atoms with van der Waals surface area (Å²) in [6.45, 7) is 0.792. The van der Waals surface area contributed by atoms with Crippen molar-refractivity contribution in [1.82, 2.24) is 9.97 Å². The third kappa shape index (κ3) is 2.31. The van der Waals surface area contributed by atoms with Crippen LogP contribution in [0.25, 0.3) is 10.2 Å². The van der Waals surface area contributed by atoms with E-state index in [1.165, 1.54) is 6.33 Å². The van der Waals surface area contributed by atoms with E-state index in [0.717, 1.165) is 28.9 Å². The number of nitrogens with zero attached hydrogens (tertiary/aromatic N) is 3. The van der Waals surface area contributed by atoms with Crippen LogP contribution in [-0.2, 0) is 4.79 Å². The Labute approximate surface area is 131 Å². The summed E-state index contributed by atoms with van der Waals surface area (Å²) in [4.78, 5) is 22.9. The van der Waals surface area contributed by atoms with E-state index < -0.39 is 0 Å². The summed E-state index contributed by atoms with van der Waals surface area (Å²) in [6, 6.07) is 9.49. The van der Waals surface area contributed by atoms with Gasteiger partial charge in [0.2, 0.25) is 11.8 Å². The van der Waals surface area contributed by atoms with Crippen LogP contribution in [0, 0.1) is 0 Å². The molecule has 3 heterocycles. The van der Waals surface area contributed by atoms with Gasteiger partial charge in [0.1, 0.15) is 16.9 Å². The van der Waals surface area contributed by atoms with Gasteiger partial charge in [0.05, 0.1) is 5.39 Å². The van der Waals surface area contributed by atoms with Gasteiger partial charge in [0.15, 0.2) is 0 Å². The largest absolute Gasteiger partial charge is 0.438 e. The number of carbonyl (C=O) groups is 1. The molecular weight excluding hydrogens is 298 g/mol. The number of anilines is 1. The van der Waals surface area contributed by atoms with Crippen molar-refractivity contribution >= 4 is 33.1 Å². The van der Waals surface area contributed by atoms with Gasteiger partial charge in [-0.25, -0.2) is 9.97 Å². The van der Waals surface area contributed by atoms with Crippen molar-refractivity contribution in [3.8, 4) is 11.6 Å². The Kier molecular flexibility index (Phi) is 3.23. The smallest absolute Gasteiger partial charge is 0.231 e. The summed E-state index contributed by atoms with van der Waals surface area (Å²) < 4.78 is 5.85. The van der Waals surface area contributed by atoms with Gasteiger partial charge < -0.3 is 9.64 Å². The lowest BCUT2D eigenvalue weighted by Gasteiger charge is -2.15. The van der Waals surface area contributed by atoms with Crippen LogP contribution in [0.4, 0.5) is 5.69 Å². The number of hydrogen-bond donors (Lipinski definition) is 0. The molecule has 1 amide bonds. The molecule has 0 radical (unpaired) electrons. The predicted octanol–water partition coefficient (Wildman–Crippen LogP) is 3.61. The van der Waals surface area contributed by atoms with E-state index in [-0.39, 0.29) is 5.91 Å². The summed E-state index contributed by atoms with van der Waals surface area (Å²) in [5.41, 5.74) is 0.915. The number of aromatic nitrogens is 2. The van der Waals surface area contributed by atoms with Crippen molar-refractivity contribution in [2.75, 3.05) is 11.4 Å². The molecule has 0 aliphatic carbocycles. The summed E-state index contributed by atoms with van der Waals surface area (Å²) in [5.74, 6) is 1.43. The molecule has 1 aromatic carbocycles. The highest BCUT2D eigenvalue weighted by Gasteiger charge is 2.21. The average molecular weight is 311 g/mol. The number of thiophene rings is 1. The van der Waals surface area contributed by atoms with Crippen molar-refractivity contribution in [2.24, 2.45) is 0 Å². The lowest BCUT2D eigenvalue weighted by molar-refractivity contribution is -0.117. The van der Waals surface area contributed by atoms with E-state index in [0.29, 0.717) is 18.1 Å². The fourth-order valence-electron chi connectivity index (χ4n) is 2.58. The van der Waals surface area contributed by atoms with Crippen molar-refractivity contribution in [3.05, 3.63) is 42.0 Å². The van der Waals surface area contributed by atoms with E-state index >= 15 is 0 Å². The number of carbonyl (C=O) groups excluding carboxylic acids is 1. The van der Waals surface area contributed by atoms with Gasteiger partial charge in [-0.3, -0.25) is 4.79 Å². The number of hydrogen-bond acceptors (Lipinski definition) is 5. The molecule has 5 nitrogen and oxygen atoms in total. The molecule has 1 saturated heterocycles. The fourth-order valence-corrected chi connectivity index (χ4v) is 3.30. The van der Waals surface area contributed by atoms with Crippen LogP contribution in [0.2, 0.25) is 0 Å². The third-order valence-electron chi connectivity index (χ3n) is 3.66. The Hall–Kier alpha value is -2.47. The monoisotopic (exact) mass is 311 g/mol. The second kappa shape index (κ2) is 5.38. The van der Waals surface area contributed by atoms with Crippen LogP contribution in [0.3, 0.4) is 0 Å². The maximum Gasteiger partial charge on any atom is 0.231 e. The molecule has 0 unspecified atom stereocenters. The highest BCUT2D eigenvalue weighted by atomic mass is 32.1. The van der Waals surface area contributed by atoms with E-state index in [4.69, 9.17) is 4.74 Å². The number of amides is 1. The number of rotatable bonds is 3. The lowest BCUT2D eigenvalue weighted by atomic mass is 10.3. The Bertz CT molecular complexity index is 829. The molecule has 1 aliphatic heterocycles. The molecule has 0 atom stereocenters. The molecule has 1 fully saturated rings. The maximum atomic E-state index is 11.7. The van der Waals surface area contributed by atoms with Crippen molar-refractivity contribution in [1.29, 1.82) is 0 Å². The summed E-state index contributed by atoms with van der Waals surface area (Å²) in [7, 11) is 0. The zero-order chi connectivity index (χ0) is 14.9. The molecule has 22 heavy (non-hydrogen) atoms. The first kappa shape index (κ1) is 13.2. The van der Waals surface area contributed by atoms with Crippen molar-refractivity contribution < 1.29 is 9.53 Å². The minimum atomic E-state index is 0.185. The van der Waals surface area contributed by atoms with Gasteiger partial charge in [-0.15, -0.1) is 11.3 Å². The van der Waals surface area contributed by atoms with Crippen LogP contribution >= 0.6 is 11.3 Å². The summed E-state index contributed by atoms with van der Waals surface area (Å²) in [5, 5.41) is 2.88. The first-order valence-electron chi connectivity index (χ1n) is 7.08. The van der Waals surface area contributed by atoms with Gasteiger partial charge in [0, 0.05) is 18.7 Å². The Morgan fingerprint density at radius 1 is 1.14 bits per heavy atom. The Morgan fingerprint density at radius 2 is 2.00 bits per heavy atom. The highest BCUT2D eigenvalue weighted by Crippen LogP contribution is 2.30. The maximum absolute atomic E-state index is 11.7. The molecule has 0 spiro atoms. The zero-order valence-corrected chi connectivity index (χ0v) is 12.5. The molecule has 0 bridgehead atoms. The highest BCUT2D eigenvalue weighted by molar-refractivity contribution is 7.16. The van der Waals surface area contributed by atoms with Gasteiger partial charge in [-0.1, -0.05) is 0 Å². The van der Waals surface area contributed by atoms with Crippen LogP contribution in [-0.4, -0.2) is 22.4 Å². The normalized spacial score (nSPS) is 14.7. The third-order valence-corrected chi connectivity index (χ3v) is 4.48. The first-order chi connectivity index (χ1) is 10.8. The van der Waals surface area contributed by atoms with E-state index in [9.17, 15) is 4.79 Å². The topological polar surface area (TPSA) is 55.3 Å². The molecule has 0 saturated carbocycles. The minimum Gasteiger partial charge on any atom is -0.438 e. The van der Waals surface area contributed by atoms with E-state index in [2.05, 4.69) is 9.97 Å². The number of ether oxygens (including phenoxy) is 1. The number of benzene rings is 1. The first-order valence-corrected chi connectivity index (χ1v) is 7.96. The van der Waals surface area contributed by atoms with E-state index in [1.54, 1.807) is 11.3 Å². The van der Waals surface area contributed by atoms with Gasteiger partial charge >= 0.3 is 0 Å². The van der Waals surface area contributed by atoms with Gasteiger partial charge in [-0.2, -0.15) is 0 Å². The minimum absolute atomic E-state index is 0.185.